The van der Waals surface area contributed by atoms with Crippen LogP contribution >= 0.6 is 22.9 Å². The monoisotopic (exact) mass is 562 g/mol. The minimum atomic E-state index is -4.06. The van der Waals surface area contributed by atoms with E-state index >= 15 is 0 Å². The number of nitrogens with zero attached hydrogens (tertiary/aromatic N) is 1. The molecule has 11 heteroatoms. The highest BCUT2D eigenvalue weighted by Crippen LogP contribution is 2.53. The number of carboxylic acid groups (broad SMARTS) is 1. The Hall–Kier alpha value is -2.47. The molecule has 8 nitrogen and oxygen atoms in total. The largest absolute Gasteiger partial charge is 0.492 e. The van der Waals surface area contributed by atoms with Gasteiger partial charge >= 0.3 is 5.97 Å². The predicted octanol–water partition coefficient (Wildman–Crippen LogP) is 4.07. The van der Waals surface area contributed by atoms with Crippen molar-refractivity contribution in [1.82, 2.24) is 9.62 Å². The third kappa shape index (κ3) is 5.84. The van der Waals surface area contributed by atoms with Gasteiger partial charge in [0.1, 0.15) is 22.1 Å². The van der Waals surface area contributed by atoms with Crippen LogP contribution in [0.3, 0.4) is 0 Å². The lowest BCUT2D eigenvalue weighted by molar-refractivity contribution is -0.140. The van der Waals surface area contributed by atoms with Crippen molar-refractivity contribution in [2.75, 3.05) is 39.5 Å². The Morgan fingerprint density at radius 2 is 1.92 bits per heavy atom. The zero-order chi connectivity index (χ0) is 26.0. The van der Waals surface area contributed by atoms with E-state index in [-0.39, 0.29) is 10.6 Å². The second kappa shape index (κ2) is 10.7. The summed E-state index contributed by atoms with van der Waals surface area (Å²) in [5.41, 5.74) is -0.0455. The fourth-order valence-corrected chi connectivity index (χ4v) is 7.36. The van der Waals surface area contributed by atoms with Crippen LogP contribution in [0.4, 0.5) is 0 Å². The van der Waals surface area contributed by atoms with Crippen molar-refractivity contribution in [3.8, 4) is 16.2 Å². The number of carboxylic acids is 1. The summed E-state index contributed by atoms with van der Waals surface area (Å²) in [5, 5.41) is 10.6. The number of morpholine rings is 1. The van der Waals surface area contributed by atoms with Gasteiger partial charge in [-0.3, -0.25) is 9.69 Å². The van der Waals surface area contributed by atoms with E-state index in [0.717, 1.165) is 60.2 Å². The van der Waals surface area contributed by atoms with Crippen LogP contribution < -0.4 is 9.46 Å². The average Bonchev–Trinajstić information content (AvgIpc) is 3.38. The maximum absolute atomic E-state index is 13.2. The number of aliphatic carboxylic acids is 1. The number of nitrogens with one attached hydrogen (secondary N) is 1. The van der Waals surface area contributed by atoms with Crippen LogP contribution in [0, 0.1) is 0 Å². The van der Waals surface area contributed by atoms with E-state index in [4.69, 9.17) is 21.1 Å². The summed E-state index contributed by atoms with van der Waals surface area (Å²) in [6, 6.07) is 17.5. The number of ether oxygens (including phenoxy) is 2. The highest BCUT2D eigenvalue weighted by atomic mass is 35.5. The summed E-state index contributed by atoms with van der Waals surface area (Å²) in [6.07, 6.45) is 0.161. The third-order valence-corrected chi connectivity index (χ3v) is 10.1. The van der Waals surface area contributed by atoms with Gasteiger partial charge in [-0.15, -0.1) is 11.3 Å². The Bertz CT molecular complexity index is 1370. The van der Waals surface area contributed by atoms with E-state index in [9.17, 15) is 18.3 Å². The first-order chi connectivity index (χ1) is 17.8. The molecular formula is C26H27ClN2O6S2. The van der Waals surface area contributed by atoms with E-state index in [0.29, 0.717) is 17.4 Å². The summed E-state index contributed by atoms with van der Waals surface area (Å²) >= 11 is 7.03. The Balaban J connectivity index is 1.27. The Labute approximate surface area is 224 Å². The average molecular weight is 563 g/mol. The van der Waals surface area contributed by atoms with Gasteiger partial charge in [-0.2, -0.15) is 4.72 Å². The highest BCUT2D eigenvalue weighted by Gasteiger charge is 2.63. The van der Waals surface area contributed by atoms with Gasteiger partial charge in [0.05, 0.1) is 13.2 Å². The maximum atomic E-state index is 13.2. The molecule has 2 atom stereocenters. The van der Waals surface area contributed by atoms with Gasteiger partial charge in [-0.1, -0.05) is 35.9 Å². The van der Waals surface area contributed by atoms with Crippen molar-refractivity contribution >= 4 is 38.9 Å². The molecule has 1 aliphatic carbocycles. The molecule has 196 valence electrons. The van der Waals surface area contributed by atoms with Crippen molar-refractivity contribution < 1.29 is 27.8 Å². The van der Waals surface area contributed by atoms with Crippen LogP contribution in [-0.2, 0) is 19.6 Å². The molecule has 1 saturated heterocycles. The molecule has 1 unspecified atom stereocenters. The molecule has 37 heavy (non-hydrogen) atoms. The smallest absolute Gasteiger partial charge is 0.325 e. The van der Waals surface area contributed by atoms with E-state index < -0.39 is 27.4 Å². The van der Waals surface area contributed by atoms with E-state index in [2.05, 4.69) is 9.62 Å². The van der Waals surface area contributed by atoms with Gasteiger partial charge in [0, 0.05) is 35.5 Å². The number of benzene rings is 2. The Morgan fingerprint density at radius 3 is 2.65 bits per heavy atom. The number of rotatable bonds is 10. The third-order valence-electron chi connectivity index (χ3n) is 6.67. The molecule has 1 saturated carbocycles. The standard InChI is InChI=1S/C26H27ClN2O6S2/c27-20-6-4-18(5-7-20)23-8-9-24(36-23)37(32,33)28-26(25(30)31)17-22(26)19-2-1-3-21(16-19)35-15-12-29-10-13-34-14-11-29/h1-9,16,22,28H,10-15,17H2,(H,30,31)/t22-,26?/m0/s1. The second-order valence-electron chi connectivity index (χ2n) is 9.14. The fourth-order valence-electron chi connectivity index (χ4n) is 4.52. The first-order valence-corrected chi connectivity index (χ1v) is 14.6. The van der Waals surface area contributed by atoms with Crippen molar-refractivity contribution in [3.63, 3.8) is 0 Å². The topological polar surface area (TPSA) is 105 Å². The van der Waals surface area contributed by atoms with Crippen LogP contribution in [0.25, 0.3) is 10.4 Å². The normalized spacial score (nSPS) is 22.0. The lowest BCUT2D eigenvalue weighted by Crippen LogP contribution is -2.44. The molecule has 2 fully saturated rings. The molecule has 0 spiro atoms. The van der Waals surface area contributed by atoms with Crippen molar-refractivity contribution in [1.29, 1.82) is 0 Å². The van der Waals surface area contributed by atoms with Crippen LogP contribution in [0.2, 0.25) is 5.02 Å². The highest BCUT2D eigenvalue weighted by molar-refractivity contribution is 7.91. The van der Waals surface area contributed by atoms with Crippen molar-refractivity contribution in [2.24, 2.45) is 0 Å². The molecule has 1 aromatic heterocycles. The SMILES string of the molecule is O=C(O)C1(NS(=O)(=O)c2ccc(-c3ccc(Cl)cc3)s2)C[C@H]1c1cccc(OCCN2CCOCC2)c1. The summed E-state index contributed by atoms with van der Waals surface area (Å²) in [5.74, 6) is -1.07. The summed E-state index contributed by atoms with van der Waals surface area (Å²) in [6.45, 7) is 4.46. The Morgan fingerprint density at radius 1 is 1.16 bits per heavy atom. The Kier molecular flexibility index (Phi) is 7.58. The first kappa shape index (κ1) is 26.1. The lowest BCUT2D eigenvalue weighted by atomic mass is 10.1. The van der Waals surface area contributed by atoms with E-state index in [1.54, 1.807) is 30.3 Å². The molecule has 2 aromatic carbocycles. The van der Waals surface area contributed by atoms with Gasteiger partial charge < -0.3 is 14.6 Å². The van der Waals surface area contributed by atoms with Crippen LogP contribution in [0.15, 0.2) is 64.9 Å². The molecule has 2 N–H and O–H groups in total. The number of halogens is 1. The zero-order valence-corrected chi connectivity index (χ0v) is 22.3. The molecule has 1 aliphatic heterocycles. The van der Waals surface area contributed by atoms with Crippen molar-refractivity contribution in [2.45, 2.75) is 22.1 Å². The van der Waals surface area contributed by atoms with Gasteiger partial charge in [-0.25, -0.2) is 8.42 Å². The molecule has 2 aliphatic rings. The molecule has 2 heterocycles. The van der Waals surface area contributed by atoms with Crippen LogP contribution in [0.5, 0.6) is 5.75 Å². The molecular weight excluding hydrogens is 536 g/mol. The zero-order valence-electron chi connectivity index (χ0n) is 19.9. The predicted molar refractivity (Wildman–Crippen MR) is 142 cm³/mol. The number of carbonyl (C=O) groups is 1. The van der Waals surface area contributed by atoms with Gasteiger partial charge in [0.15, 0.2) is 0 Å². The summed E-state index contributed by atoms with van der Waals surface area (Å²) in [4.78, 5) is 15.3. The second-order valence-corrected chi connectivity index (χ2v) is 12.6. The molecule has 5 rings (SSSR count). The number of thiophene rings is 1. The van der Waals surface area contributed by atoms with Crippen LogP contribution in [0.1, 0.15) is 17.9 Å². The summed E-state index contributed by atoms with van der Waals surface area (Å²) in [7, 11) is -4.06. The summed E-state index contributed by atoms with van der Waals surface area (Å²) < 4.78 is 40.2. The maximum Gasteiger partial charge on any atom is 0.325 e. The lowest BCUT2D eigenvalue weighted by Gasteiger charge is -2.26. The number of hydrogen-bond acceptors (Lipinski definition) is 7. The van der Waals surface area contributed by atoms with E-state index in [1.807, 2.05) is 24.3 Å². The minimum absolute atomic E-state index is 0.0592. The minimum Gasteiger partial charge on any atom is -0.492 e. The molecule has 0 amide bonds. The van der Waals surface area contributed by atoms with Gasteiger partial charge in [0.25, 0.3) is 10.0 Å². The van der Waals surface area contributed by atoms with Crippen molar-refractivity contribution in [3.05, 3.63) is 71.2 Å². The van der Waals surface area contributed by atoms with Crippen LogP contribution in [-0.4, -0.2) is 69.4 Å². The fraction of sp³-hybridized carbons (Fsp3) is 0.346. The number of sulfonamides is 1. The van der Waals surface area contributed by atoms with Gasteiger partial charge in [0.2, 0.25) is 0 Å². The van der Waals surface area contributed by atoms with Gasteiger partial charge in [-0.05, 0) is 53.9 Å². The quantitative estimate of drug-likeness (QED) is 0.384. The number of hydrogen-bond donors (Lipinski definition) is 2. The molecule has 3 aromatic rings. The molecule has 0 bridgehead atoms. The molecule has 0 radical (unpaired) electrons. The first-order valence-electron chi connectivity index (χ1n) is 11.9. The van der Waals surface area contributed by atoms with E-state index in [1.165, 1.54) is 6.07 Å².